The van der Waals surface area contributed by atoms with E-state index in [2.05, 4.69) is 5.32 Å². The molecule has 1 N–H and O–H groups in total. The number of methoxy groups -OCH3 is 1. The van der Waals surface area contributed by atoms with Gasteiger partial charge in [0, 0.05) is 13.0 Å². The molecule has 1 saturated carbocycles. The average molecular weight is 312 g/mol. The monoisotopic (exact) mass is 311 g/mol. The average Bonchev–Trinajstić information content (AvgIpc) is 2.48. The molecule has 1 aromatic carbocycles. The highest BCUT2D eigenvalue weighted by molar-refractivity contribution is 6.63. The lowest BCUT2D eigenvalue weighted by molar-refractivity contribution is -0.0387. The minimum Gasteiger partial charge on any atom is -0.379 e. The van der Waals surface area contributed by atoms with Gasteiger partial charge < -0.3 is 14.8 Å². The summed E-state index contributed by atoms with van der Waals surface area (Å²) in [5.41, 5.74) is 1.16. The number of hydrogen-bond donors (Lipinski definition) is 1. The standard InChI is InChI=1S/C16H22ClNO3/c1-20-15-13(8-5-9-14(15)18-16(17)19)11-21-10-12-6-3-2-4-7-12/h2-4,6-7,13-15H,5,8-11H2,1H3,(H,18,19)/t13-,14+,15+/m1/s1. The van der Waals surface area contributed by atoms with E-state index in [1.165, 1.54) is 0 Å². The van der Waals surface area contributed by atoms with E-state index in [1.54, 1.807) is 7.11 Å². The Morgan fingerprint density at radius 3 is 2.76 bits per heavy atom. The third-order valence-corrected chi connectivity index (χ3v) is 4.07. The molecule has 0 heterocycles. The fourth-order valence-electron chi connectivity index (χ4n) is 2.99. The van der Waals surface area contributed by atoms with Crippen molar-refractivity contribution in [1.82, 2.24) is 5.32 Å². The smallest absolute Gasteiger partial charge is 0.314 e. The fraction of sp³-hybridized carbons (Fsp3) is 0.562. The predicted molar refractivity (Wildman–Crippen MR) is 82.4 cm³/mol. The van der Waals surface area contributed by atoms with Gasteiger partial charge in [0.2, 0.25) is 0 Å². The molecule has 0 unspecified atom stereocenters. The maximum absolute atomic E-state index is 11.0. The van der Waals surface area contributed by atoms with Crippen molar-refractivity contribution in [3.63, 3.8) is 0 Å². The molecule has 1 aromatic rings. The molecule has 0 saturated heterocycles. The molecule has 1 fully saturated rings. The van der Waals surface area contributed by atoms with Gasteiger partial charge in [-0.1, -0.05) is 36.8 Å². The maximum atomic E-state index is 11.0. The molecule has 1 aliphatic rings. The number of nitrogens with one attached hydrogen (secondary N) is 1. The summed E-state index contributed by atoms with van der Waals surface area (Å²) in [5, 5.41) is 2.25. The van der Waals surface area contributed by atoms with Crippen LogP contribution in [0.5, 0.6) is 0 Å². The zero-order chi connectivity index (χ0) is 15.1. The topological polar surface area (TPSA) is 47.6 Å². The third-order valence-electron chi connectivity index (χ3n) is 3.97. The molecule has 3 atom stereocenters. The van der Waals surface area contributed by atoms with Crippen LogP contribution in [0.15, 0.2) is 30.3 Å². The van der Waals surface area contributed by atoms with Gasteiger partial charge in [0.05, 0.1) is 25.4 Å². The van der Waals surface area contributed by atoms with Gasteiger partial charge in [-0.2, -0.15) is 0 Å². The summed E-state index contributed by atoms with van der Waals surface area (Å²) in [4.78, 5) is 11.0. The summed E-state index contributed by atoms with van der Waals surface area (Å²) in [7, 11) is 1.67. The lowest BCUT2D eigenvalue weighted by Crippen LogP contribution is -2.49. The molecule has 4 nitrogen and oxygen atoms in total. The van der Waals surface area contributed by atoms with Crippen molar-refractivity contribution in [2.75, 3.05) is 13.7 Å². The zero-order valence-corrected chi connectivity index (χ0v) is 13.0. The molecule has 0 aliphatic heterocycles. The largest absolute Gasteiger partial charge is 0.379 e. The first-order valence-electron chi connectivity index (χ1n) is 7.31. The molecule has 2 rings (SSSR count). The van der Waals surface area contributed by atoms with Crippen LogP contribution in [-0.2, 0) is 16.1 Å². The Morgan fingerprint density at radius 2 is 2.10 bits per heavy atom. The van der Waals surface area contributed by atoms with Crippen molar-refractivity contribution in [2.24, 2.45) is 5.92 Å². The van der Waals surface area contributed by atoms with E-state index in [0.29, 0.717) is 13.2 Å². The number of hydrogen-bond acceptors (Lipinski definition) is 3. The van der Waals surface area contributed by atoms with Crippen molar-refractivity contribution < 1.29 is 14.3 Å². The van der Waals surface area contributed by atoms with E-state index < -0.39 is 5.37 Å². The maximum Gasteiger partial charge on any atom is 0.314 e. The van der Waals surface area contributed by atoms with Crippen LogP contribution in [0.1, 0.15) is 24.8 Å². The van der Waals surface area contributed by atoms with Gasteiger partial charge in [-0.05, 0) is 30.0 Å². The zero-order valence-electron chi connectivity index (χ0n) is 12.3. The van der Waals surface area contributed by atoms with Crippen LogP contribution < -0.4 is 5.32 Å². The molecule has 1 aliphatic carbocycles. The summed E-state index contributed by atoms with van der Waals surface area (Å²) in [6.07, 6.45) is 2.94. The minimum absolute atomic E-state index is 0.0286. The SMILES string of the molecule is CO[C@H]1[C@@H](COCc2ccccc2)CCC[C@@H]1NC(=O)Cl. The first-order valence-corrected chi connectivity index (χ1v) is 7.69. The number of ether oxygens (including phenoxy) is 2. The van der Waals surface area contributed by atoms with Crippen LogP contribution in [-0.4, -0.2) is 31.2 Å². The quantitative estimate of drug-likeness (QED) is 0.647. The number of carbonyl (C=O) groups is 1. The first kappa shape index (κ1) is 16.3. The molecular formula is C16H22ClNO3. The number of halogens is 1. The Balaban J connectivity index is 1.84. The van der Waals surface area contributed by atoms with E-state index >= 15 is 0 Å². The molecule has 21 heavy (non-hydrogen) atoms. The van der Waals surface area contributed by atoms with Gasteiger partial charge >= 0.3 is 5.37 Å². The molecule has 0 aromatic heterocycles. The molecule has 0 radical (unpaired) electrons. The summed E-state index contributed by atoms with van der Waals surface area (Å²) >= 11 is 5.43. The fourth-order valence-corrected chi connectivity index (χ4v) is 3.13. The summed E-state index contributed by atoms with van der Waals surface area (Å²) in [5.74, 6) is 0.279. The second kappa shape index (κ2) is 8.37. The van der Waals surface area contributed by atoms with E-state index in [9.17, 15) is 4.79 Å². The normalized spacial score (nSPS) is 25.5. The molecule has 0 bridgehead atoms. The second-order valence-corrected chi connectivity index (χ2v) is 5.76. The Kier molecular flexibility index (Phi) is 6.49. The predicted octanol–water partition coefficient (Wildman–Crippen LogP) is 3.34. The number of rotatable bonds is 6. The summed E-state index contributed by atoms with van der Waals surface area (Å²) in [6.45, 7) is 1.22. The van der Waals surface area contributed by atoms with Gasteiger partial charge in [-0.25, -0.2) is 0 Å². The van der Waals surface area contributed by atoms with Crippen molar-refractivity contribution in [1.29, 1.82) is 0 Å². The Morgan fingerprint density at radius 1 is 1.33 bits per heavy atom. The summed E-state index contributed by atoms with van der Waals surface area (Å²) < 4.78 is 11.4. The van der Waals surface area contributed by atoms with Crippen molar-refractivity contribution in [2.45, 2.75) is 38.0 Å². The van der Waals surface area contributed by atoms with Gasteiger partial charge in [-0.15, -0.1) is 0 Å². The molecule has 116 valence electrons. The van der Waals surface area contributed by atoms with Crippen molar-refractivity contribution in [3.05, 3.63) is 35.9 Å². The minimum atomic E-state index is -0.520. The third kappa shape index (κ3) is 4.99. The van der Waals surface area contributed by atoms with Crippen LogP contribution in [0.3, 0.4) is 0 Å². The van der Waals surface area contributed by atoms with Crippen LogP contribution >= 0.6 is 11.6 Å². The van der Waals surface area contributed by atoms with Crippen LogP contribution in [0, 0.1) is 5.92 Å². The number of carbonyl (C=O) groups excluding carboxylic acids is 1. The van der Waals surface area contributed by atoms with E-state index in [4.69, 9.17) is 21.1 Å². The van der Waals surface area contributed by atoms with Crippen molar-refractivity contribution in [3.8, 4) is 0 Å². The molecular weight excluding hydrogens is 290 g/mol. The Hall–Kier alpha value is -1.10. The van der Waals surface area contributed by atoms with E-state index in [-0.39, 0.29) is 18.1 Å². The van der Waals surface area contributed by atoms with E-state index in [1.807, 2.05) is 30.3 Å². The van der Waals surface area contributed by atoms with Gasteiger partial charge in [0.1, 0.15) is 0 Å². The number of amides is 1. The van der Waals surface area contributed by atoms with Crippen LogP contribution in [0.4, 0.5) is 4.79 Å². The van der Waals surface area contributed by atoms with Crippen molar-refractivity contribution >= 4 is 17.0 Å². The highest BCUT2D eigenvalue weighted by atomic mass is 35.5. The lowest BCUT2D eigenvalue weighted by atomic mass is 9.83. The van der Waals surface area contributed by atoms with Gasteiger partial charge in [-0.3, -0.25) is 4.79 Å². The van der Waals surface area contributed by atoms with E-state index in [0.717, 1.165) is 24.8 Å². The molecule has 0 spiro atoms. The first-order chi connectivity index (χ1) is 10.2. The van der Waals surface area contributed by atoms with Crippen LogP contribution in [0.25, 0.3) is 0 Å². The van der Waals surface area contributed by atoms with Gasteiger partial charge in [0.15, 0.2) is 0 Å². The Bertz CT molecular complexity index is 440. The molecule has 1 amide bonds. The molecule has 5 heteroatoms. The second-order valence-electron chi connectivity index (χ2n) is 5.42. The Labute approximate surface area is 130 Å². The highest BCUT2D eigenvalue weighted by Crippen LogP contribution is 2.27. The van der Waals surface area contributed by atoms with Gasteiger partial charge in [0.25, 0.3) is 0 Å². The summed E-state index contributed by atoms with van der Waals surface area (Å²) in [6, 6.07) is 10.1. The van der Waals surface area contributed by atoms with Crippen LogP contribution in [0.2, 0.25) is 0 Å². The number of benzene rings is 1. The lowest BCUT2D eigenvalue weighted by Gasteiger charge is -2.37. The highest BCUT2D eigenvalue weighted by Gasteiger charge is 2.34.